The minimum atomic E-state index is 0.647. The highest BCUT2D eigenvalue weighted by Crippen LogP contribution is 2.15. The summed E-state index contributed by atoms with van der Waals surface area (Å²) in [5.41, 5.74) is 0. The van der Waals surface area contributed by atoms with Gasteiger partial charge in [-0.05, 0) is 32.1 Å². The summed E-state index contributed by atoms with van der Waals surface area (Å²) in [6.07, 6.45) is 6.01. The van der Waals surface area contributed by atoms with Gasteiger partial charge in [0.2, 0.25) is 0 Å². The molecule has 0 aromatic heterocycles. The van der Waals surface area contributed by atoms with Gasteiger partial charge in [0.25, 0.3) is 0 Å². The van der Waals surface area contributed by atoms with Gasteiger partial charge in [-0.1, -0.05) is 18.7 Å². The van der Waals surface area contributed by atoms with Crippen molar-refractivity contribution < 1.29 is 4.74 Å². The fourth-order valence-electron chi connectivity index (χ4n) is 1.70. The largest absolute Gasteiger partial charge is 0.385 e. The fourth-order valence-corrected chi connectivity index (χ4v) is 2.73. The monoisotopic (exact) mass is 244 g/mol. The lowest BCUT2D eigenvalue weighted by atomic mass is 10.2. The predicted octanol–water partition coefficient (Wildman–Crippen LogP) is 2.66. The molecule has 16 heavy (non-hydrogen) atoms. The minimum Gasteiger partial charge on any atom is -0.385 e. The Hall–Kier alpha value is -0.220. The Labute approximate surface area is 103 Å². The quantitative estimate of drug-likeness (QED) is 0.699. The normalized spacial score (nSPS) is 23.4. The molecule has 1 N–H and O–H groups in total. The van der Waals surface area contributed by atoms with Gasteiger partial charge in [0.15, 0.2) is 5.17 Å². The predicted molar refractivity (Wildman–Crippen MR) is 72.3 cm³/mol. The third kappa shape index (κ3) is 5.75. The highest BCUT2D eigenvalue weighted by atomic mass is 32.2. The van der Waals surface area contributed by atoms with Crippen LogP contribution in [0.2, 0.25) is 0 Å². The Morgan fingerprint density at radius 2 is 2.31 bits per heavy atom. The van der Waals surface area contributed by atoms with Crippen molar-refractivity contribution in [3.05, 3.63) is 0 Å². The number of hydrogen-bond donors (Lipinski definition) is 1. The van der Waals surface area contributed by atoms with Crippen molar-refractivity contribution in [3.8, 4) is 0 Å². The van der Waals surface area contributed by atoms with E-state index in [0.717, 1.165) is 24.7 Å². The van der Waals surface area contributed by atoms with Gasteiger partial charge in [-0.15, -0.1) is 0 Å². The summed E-state index contributed by atoms with van der Waals surface area (Å²) in [4.78, 5) is 4.61. The Bertz CT molecular complexity index is 209. The van der Waals surface area contributed by atoms with Crippen LogP contribution in [0.5, 0.6) is 0 Å². The number of amidine groups is 1. The van der Waals surface area contributed by atoms with Gasteiger partial charge in [-0.2, -0.15) is 0 Å². The van der Waals surface area contributed by atoms with E-state index in [1.54, 1.807) is 7.11 Å². The van der Waals surface area contributed by atoms with Gasteiger partial charge in [0.05, 0.1) is 0 Å². The molecule has 0 aliphatic carbocycles. The molecule has 1 rings (SSSR count). The molecule has 1 aliphatic heterocycles. The molecule has 4 heteroatoms. The van der Waals surface area contributed by atoms with Crippen LogP contribution in [0.25, 0.3) is 0 Å². The minimum absolute atomic E-state index is 0.647. The van der Waals surface area contributed by atoms with Crippen LogP contribution in [-0.2, 0) is 4.74 Å². The molecule has 1 heterocycles. The van der Waals surface area contributed by atoms with E-state index in [-0.39, 0.29) is 0 Å². The van der Waals surface area contributed by atoms with Crippen molar-refractivity contribution in [2.24, 2.45) is 4.99 Å². The lowest BCUT2D eigenvalue weighted by Crippen LogP contribution is -2.37. The summed E-state index contributed by atoms with van der Waals surface area (Å²) in [6, 6.07) is 0.647. The molecule has 0 spiro atoms. The van der Waals surface area contributed by atoms with Crippen LogP contribution < -0.4 is 5.32 Å². The number of hydrogen-bond acceptors (Lipinski definition) is 3. The molecule has 94 valence electrons. The Balaban J connectivity index is 2.08. The average molecular weight is 244 g/mol. The Morgan fingerprint density at radius 1 is 1.44 bits per heavy atom. The van der Waals surface area contributed by atoms with Crippen LogP contribution in [0, 0.1) is 0 Å². The molecular weight excluding hydrogens is 220 g/mol. The lowest BCUT2D eigenvalue weighted by Gasteiger charge is -2.24. The number of rotatable bonds is 7. The van der Waals surface area contributed by atoms with Crippen LogP contribution in [0.4, 0.5) is 0 Å². The van der Waals surface area contributed by atoms with Gasteiger partial charge in [0, 0.05) is 32.1 Å². The summed E-state index contributed by atoms with van der Waals surface area (Å²) < 4.78 is 5.01. The molecule has 1 aliphatic rings. The first kappa shape index (κ1) is 13.8. The smallest absolute Gasteiger partial charge is 0.156 e. The molecule has 0 radical (unpaired) electrons. The maximum absolute atomic E-state index is 5.01. The number of methoxy groups -OCH3 is 1. The molecule has 0 amide bonds. The molecule has 0 aromatic carbocycles. The molecule has 1 saturated heterocycles. The summed E-state index contributed by atoms with van der Waals surface area (Å²) in [5.74, 6) is 1.22. The maximum Gasteiger partial charge on any atom is 0.156 e. The Morgan fingerprint density at radius 3 is 3.06 bits per heavy atom. The number of unbranched alkanes of at least 4 members (excludes halogenated alkanes) is 2. The third-order valence-electron chi connectivity index (χ3n) is 2.79. The summed E-state index contributed by atoms with van der Waals surface area (Å²) in [7, 11) is 1.76. The highest BCUT2D eigenvalue weighted by molar-refractivity contribution is 8.13. The summed E-state index contributed by atoms with van der Waals surface area (Å²) in [5, 5.41) is 4.65. The van der Waals surface area contributed by atoms with Gasteiger partial charge >= 0.3 is 0 Å². The first-order chi connectivity index (χ1) is 7.86. The van der Waals surface area contributed by atoms with Crippen molar-refractivity contribution in [2.75, 3.05) is 26.0 Å². The van der Waals surface area contributed by atoms with Crippen LogP contribution in [0.1, 0.15) is 39.0 Å². The van der Waals surface area contributed by atoms with E-state index in [1.807, 2.05) is 11.8 Å². The number of thioether (sulfide) groups is 1. The summed E-state index contributed by atoms with van der Waals surface area (Å²) >= 11 is 1.86. The van der Waals surface area contributed by atoms with Crippen molar-refractivity contribution in [2.45, 2.75) is 45.1 Å². The standard InChI is InChI=1S/C12H24N2OS/c1-3-11-7-10-16-12(14-11)13-8-5-4-6-9-15-2/h11H,3-10H2,1-2H3,(H,13,14). The van der Waals surface area contributed by atoms with E-state index in [9.17, 15) is 0 Å². The van der Waals surface area contributed by atoms with E-state index in [0.29, 0.717) is 6.04 Å². The Kier molecular flexibility index (Phi) is 7.68. The molecule has 0 saturated carbocycles. The molecule has 0 bridgehead atoms. The highest BCUT2D eigenvalue weighted by Gasteiger charge is 2.14. The first-order valence-electron chi connectivity index (χ1n) is 6.29. The second-order valence-electron chi connectivity index (χ2n) is 4.13. The molecule has 3 nitrogen and oxygen atoms in total. The van der Waals surface area contributed by atoms with E-state index >= 15 is 0 Å². The van der Waals surface area contributed by atoms with E-state index in [2.05, 4.69) is 17.2 Å². The second kappa shape index (κ2) is 8.88. The zero-order valence-corrected chi connectivity index (χ0v) is 11.3. The third-order valence-corrected chi connectivity index (χ3v) is 3.75. The SMILES string of the molecule is CCC1CCSC(=NCCCCCOC)N1. The number of nitrogens with one attached hydrogen (secondary N) is 1. The second-order valence-corrected chi connectivity index (χ2v) is 5.21. The number of aliphatic imine (C=N–C) groups is 1. The van der Waals surface area contributed by atoms with Crippen LogP contribution in [0.3, 0.4) is 0 Å². The number of ether oxygens (including phenoxy) is 1. The van der Waals surface area contributed by atoms with Crippen molar-refractivity contribution in [1.82, 2.24) is 5.32 Å². The van der Waals surface area contributed by atoms with E-state index in [1.165, 1.54) is 31.4 Å². The zero-order chi connectivity index (χ0) is 11.6. The van der Waals surface area contributed by atoms with E-state index < -0.39 is 0 Å². The average Bonchev–Trinajstić information content (AvgIpc) is 2.34. The van der Waals surface area contributed by atoms with Crippen LogP contribution in [-0.4, -0.2) is 37.2 Å². The van der Waals surface area contributed by atoms with Gasteiger partial charge in [-0.3, -0.25) is 4.99 Å². The topological polar surface area (TPSA) is 33.6 Å². The molecule has 1 atom stereocenters. The van der Waals surface area contributed by atoms with E-state index in [4.69, 9.17) is 4.74 Å². The van der Waals surface area contributed by atoms with Gasteiger partial charge in [-0.25, -0.2) is 0 Å². The van der Waals surface area contributed by atoms with Gasteiger partial charge < -0.3 is 10.1 Å². The molecule has 1 unspecified atom stereocenters. The zero-order valence-electron chi connectivity index (χ0n) is 10.5. The van der Waals surface area contributed by atoms with Crippen molar-refractivity contribution in [1.29, 1.82) is 0 Å². The fraction of sp³-hybridized carbons (Fsp3) is 0.917. The molecule has 0 aromatic rings. The maximum atomic E-state index is 5.01. The molecular formula is C12H24N2OS. The van der Waals surface area contributed by atoms with Crippen molar-refractivity contribution >= 4 is 16.9 Å². The van der Waals surface area contributed by atoms with Gasteiger partial charge in [0.1, 0.15) is 0 Å². The molecule has 1 fully saturated rings. The first-order valence-corrected chi connectivity index (χ1v) is 7.28. The summed E-state index contributed by atoms with van der Waals surface area (Å²) in [6.45, 7) is 4.06. The lowest BCUT2D eigenvalue weighted by molar-refractivity contribution is 0.192. The van der Waals surface area contributed by atoms with Crippen molar-refractivity contribution in [3.63, 3.8) is 0 Å². The number of nitrogens with zero attached hydrogens (tertiary/aromatic N) is 1. The van der Waals surface area contributed by atoms with Crippen LogP contribution >= 0.6 is 11.8 Å². The van der Waals surface area contributed by atoms with Crippen LogP contribution in [0.15, 0.2) is 4.99 Å².